The molecule has 4 rings (SSSR count). The number of amides is 2. The lowest BCUT2D eigenvalue weighted by atomic mass is 9.73. The maximum atomic E-state index is 14.3. The Morgan fingerprint density at radius 2 is 1.83 bits per heavy atom. The summed E-state index contributed by atoms with van der Waals surface area (Å²) in [6, 6.07) is 1.18. The molecule has 30 heavy (non-hydrogen) atoms. The van der Waals surface area contributed by atoms with E-state index in [1.165, 1.54) is 19.3 Å². The van der Waals surface area contributed by atoms with Crippen LogP contribution in [-0.2, 0) is 4.74 Å². The monoisotopic (exact) mass is 423 g/mol. The molecule has 1 aromatic carbocycles. The van der Waals surface area contributed by atoms with Crippen LogP contribution in [-0.4, -0.2) is 56.9 Å². The van der Waals surface area contributed by atoms with Gasteiger partial charge in [-0.25, -0.2) is 13.6 Å². The predicted octanol–water partition coefficient (Wildman–Crippen LogP) is 3.37. The number of carbonyl (C=O) groups excluding carboxylic acids is 1. The largest absolute Gasteiger partial charge is 0.490 e. The van der Waals surface area contributed by atoms with E-state index in [2.05, 4.69) is 15.5 Å². The van der Waals surface area contributed by atoms with Gasteiger partial charge in [-0.15, -0.1) is 0 Å². The summed E-state index contributed by atoms with van der Waals surface area (Å²) in [5.41, 5.74) is 0.148. The first-order chi connectivity index (χ1) is 14.6. The molecule has 0 unspecified atom stereocenters. The summed E-state index contributed by atoms with van der Waals surface area (Å²) in [6.07, 6.45) is 6.16. The summed E-state index contributed by atoms with van der Waals surface area (Å²) in [5, 5.41) is 5.86. The Balaban J connectivity index is 1.38. The first-order valence-electron chi connectivity index (χ1n) is 11.0. The molecule has 1 aliphatic carbocycles. The first kappa shape index (κ1) is 21.3. The third-order valence-electron chi connectivity index (χ3n) is 6.60. The molecule has 3 aliphatic rings. The van der Waals surface area contributed by atoms with Crippen molar-refractivity contribution in [2.75, 3.05) is 46.0 Å². The van der Waals surface area contributed by atoms with Crippen molar-refractivity contribution in [2.45, 2.75) is 44.6 Å². The fraction of sp³-hybridized carbons (Fsp3) is 0.682. The van der Waals surface area contributed by atoms with Gasteiger partial charge in [0.1, 0.15) is 5.82 Å². The zero-order valence-corrected chi connectivity index (χ0v) is 17.4. The number of hydrogen-bond donors (Lipinski definition) is 2. The zero-order valence-electron chi connectivity index (χ0n) is 17.4. The van der Waals surface area contributed by atoms with E-state index in [9.17, 15) is 13.6 Å². The highest BCUT2D eigenvalue weighted by molar-refractivity contribution is 5.74. The van der Waals surface area contributed by atoms with E-state index in [-0.39, 0.29) is 29.4 Å². The Kier molecular flexibility index (Phi) is 6.73. The molecule has 8 heteroatoms. The van der Waals surface area contributed by atoms with Crippen LogP contribution < -0.4 is 15.4 Å². The number of morpholine rings is 1. The fourth-order valence-electron chi connectivity index (χ4n) is 4.99. The molecule has 1 atom stereocenters. The van der Waals surface area contributed by atoms with Gasteiger partial charge in [-0.05, 0) is 25.0 Å². The van der Waals surface area contributed by atoms with Crippen LogP contribution in [0.15, 0.2) is 12.1 Å². The maximum Gasteiger partial charge on any atom is 0.315 e. The number of urea groups is 1. The number of hydrogen-bond acceptors (Lipinski definition) is 4. The minimum Gasteiger partial charge on any atom is -0.490 e. The Morgan fingerprint density at radius 1 is 1.10 bits per heavy atom. The number of nitrogens with one attached hydrogen (secondary N) is 2. The normalized spacial score (nSPS) is 23.9. The standard InChI is InChI=1S/C22H31F2N3O3/c23-16-4-5-17(24)20-19(16)18(6-11-30-20)26-21(28)25-14-22(7-2-1-3-8-22)15-27-9-12-29-13-10-27/h4-5,18H,1-3,6-15H2,(H2,25,26,28)/t18-/m1/s1. The van der Waals surface area contributed by atoms with Crippen LogP contribution in [0.2, 0.25) is 0 Å². The number of nitrogens with zero attached hydrogens (tertiary/aromatic N) is 1. The molecule has 166 valence electrons. The van der Waals surface area contributed by atoms with Crippen molar-refractivity contribution < 1.29 is 23.0 Å². The number of halogens is 2. The molecule has 6 nitrogen and oxygen atoms in total. The lowest BCUT2D eigenvalue weighted by molar-refractivity contribution is 0.00780. The summed E-state index contributed by atoms with van der Waals surface area (Å²) in [4.78, 5) is 15.1. The highest BCUT2D eigenvalue weighted by atomic mass is 19.1. The Morgan fingerprint density at radius 3 is 2.60 bits per heavy atom. The molecule has 2 fully saturated rings. The number of benzene rings is 1. The van der Waals surface area contributed by atoms with Gasteiger partial charge in [0.2, 0.25) is 0 Å². The van der Waals surface area contributed by atoms with Crippen molar-refractivity contribution in [3.05, 3.63) is 29.3 Å². The van der Waals surface area contributed by atoms with Gasteiger partial charge in [0.15, 0.2) is 11.6 Å². The van der Waals surface area contributed by atoms with Gasteiger partial charge in [0.25, 0.3) is 0 Å². The molecule has 0 aromatic heterocycles. The SMILES string of the molecule is O=C(NCC1(CN2CCOCC2)CCCCC1)N[C@@H]1CCOc2c(F)ccc(F)c21. The van der Waals surface area contributed by atoms with Crippen LogP contribution >= 0.6 is 0 Å². The minimum absolute atomic E-state index is 0.0534. The maximum absolute atomic E-state index is 14.3. The molecule has 1 aromatic rings. The molecular weight excluding hydrogens is 392 g/mol. The number of ether oxygens (including phenoxy) is 2. The smallest absolute Gasteiger partial charge is 0.315 e. The van der Waals surface area contributed by atoms with Crippen LogP contribution in [0.4, 0.5) is 13.6 Å². The molecule has 2 aliphatic heterocycles. The van der Waals surface area contributed by atoms with Crippen LogP contribution in [0.1, 0.15) is 50.1 Å². The predicted molar refractivity (Wildman–Crippen MR) is 109 cm³/mol. The molecule has 0 radical (unpaired) electrons. The van der Waals surface area contributed by atoms with Gasteiger partial charge in [-0.1, -0.05) is 19.3 Å². The second-order valence-corrected chi connectivity index (χ2v) is 8.74. The third kappa shape index (κ3) is 4.86. The van der Waals surface area contributed by atoms with Gasteiger partial charge in [-0.3, -0.25) is 4.90 Å². The second kappa shape index (κ2) is 9.47. The van der Waals surface area contributed by atoms with Crippen molar-refractivity contribution in [1.82, 2.24) is 15.5 Å². The summed E-state index contributed by atoms with van der Waals surface area (Å²) in [7, 11) is 0. The molecule has 1 saturated carbocycles. The quantitative estimate of drug-likeness (QED) is 0.762. The molecular formula is C22H31F2N3O3. The summed E-state index contributed by atoms with van der Waals surface area (Å²) < 4.78 is 39.1. The van der Waals surface area contributed by atoms with Gasteiger partial charge in [0.05, 0.1) is 31.4 Å². The van der Waals surface area contributed by atoms with Crippen molar-refractivity contribution in [3.63, 3.8) is 0 Å². The number of carbonyl (C=O) groups is 1. The van der Waals surface area contributed by atoms with E-state index in [0.717, 1.165) is 57.8 Å². The van der Waals surface area contributed by atoms with E-state index >= 15 is 0 Å². The average Bonchev–Trinajstić information content (AvgIpc) is 2.76. The van der Waals surface area contributed by atoms with Gasteiger partial charge >= 0.3 is 6.03 Å². The first-order valence-corrected chi connectivity index (χ1v) is 11.0. The molecule has 2 amide bonds. The Hall–Kier alpha value is -1.93. The van der Waals surface area contributed by atoms with E-state index in [0.29, 0.717) is 13.0 Å². The van der Waals surface area contributed by atoms with Gasteiger partial charge < -0.3 is 20.1 Å². The van der Waals surface area contributed by atoms with E-state index in [1.807, 2.05) is 0 Å². The number of rotatable bonds is 5. The summed E-state index contributed by atoms with van der Waals surface area (Å²) in [5.74, 6) is -1.26. The van der Waals surface area contributed by atoms with E-state index < -0.39 is 17.7 Å². The highest BCUT2D eigenvalue weighted by Crippen LogP contribution is 2.38. The molecule has 0 bridgehead atoms. The van der Waals surface area contributed by atoms with Crippen LogP contribution in [0.5, 0.6) is 5.75 Å². The molecule has 0 spiro atoms. The van der Waals surface area contributed by atoms with E-state index in [1.54, 1.807) is 0 Å². The summed E-state index contributed by atoms with van der Waals surface area (Å²) >= 11 is 0. The Bertz CT molecular complexity index is 749. The summed E-state index contributed by atoms with van der Waals surface area (Å²) in [6.45, 7) is 5.15. The molecule has 2 heterocycles. The van der Waals surface area contributed by atoms with Crippen LogP contribution in [0, 0.1) is 17.0 Å². The lowest BCUT2D eigenvalue weighted by Crippen LogP contribution is -2.51. The molecule has 2 N–H and O–H groups in total. The molecule has 1 saturated heterocycles. The van der Waals surface area contributed by atoms with Crippen molar-refractivity contribution in [3.8, 4) is 5.75 Å². The lowest BCUT2D eigenvalue weighted by Gasteiger charge is -2.42. The minimum atomic E-state index is -0.607. The van der Waals surface area contributed by atoms with Crippen LogP contribution in [0.3, 0.4) is 0 Å². The van der Waals surface area contributed by atoms with Gasteiger partial charge in [0, 0.05) is 38.0 Å². The zero-order chi connectivity index (χ0) is 21.0. The topological polar surface area (TPSA) is 62.8 Å². The van der Waals surface area contributed by atoms with Crippen LogP contribution in [0.25, 0.3) is 0 Å². The second-order valence-electron chi connectivity index (χ2n) is 8.74. The van der Waals surface area contributed by atoms with Gasteiger partial charge in [-0.2, -0.15) is 0 Å². The average molecular weight is 424 g/mol. The number of fused-ring (bicyclic) bond motifs is 1. The third-order valence-corrected chi connectivity index (χ3v) is 6.60. The van der Waals surface area contributed by atoms with Crippen molar-refractivity contribution in [2.24, 2.45) is 5.41 Å². The highest BCUT2D eigenvalue weighted by Gasteiger charge is 2.35. The van der Waals surface area contributed by atoms with E-state index in [4.69, 9.17) is 9.47 Å². The van der Waals surface area contributed by atoms with Crippen molar-refractivity contribution >= 4 is 6.03 Å². The van der Waals surface area contributed by atoms with Crippen molar-refractivity contribution in [1.29, 1.82) is 0 Å². The fourth-order valence-corrected chi connectivity index (χ4v) is 4.99. The Labute approximate surface area is 176 Å².